The molecule has 0 aromatic carbocycles. The Morgan fingerprint density at radius 2 is 0.672 bits per heavy atom. The molecule has 0 amide bonds. The average molecular weight is 933 g/mol. The number of aliphatic hydroxyl groups is 2. The summed E-state index contributed by atoms with van der Waals surface area (Å²) in [6, 6.07) is 0. The van der Waals surface area contributed by atoms with Crippen LogP contribution in [0.1, 0.15) is 290 Å². The molecule has 0 fully saturated rings. The van der Waals surface area contributed by atoms with Gasteiger partial charge in [0.1, 0.15) is 12.7 Å². The fourth-order valence-electron chi connectivity index (χ4n) is 8.29. The van der Waals surface area contributed by atoms with Gasteiger partial charge in [0, 0.05) is 12.8 Å². The number of rotatable bonds is 53. The summed E-state index contributed by atoms with van der Waals surface area (Å²) in [6.07, 6.45) is 50.8. The van der Waals surface area contributed by atoms with Crippen LogP contribution in [0.4, 0.5) is 0 Å². The summed E-state index contributed by atoms with van der Waals surface area (Å²) in [6.45, 7) is 2.47. The Hall–Kier alpha value is -1.03. The van der Waals surface area contributed by atoms with Crippen molar-refractivity contribution in [1.29, 1.82) is 0 Å². The van der Waals surface area contributed by atoms with E-state index in [0.29, 0.717) is 12.8 Å². The lowest BCUT2D eigenvalue weighted by atomic mass is 10.0. The zero-order valence-corrected chi connectivity index (χ0v) is 42.9. The third-order valence-corrected chi connectivity index (χ3v) is 13.5. The molecule has 0 aliphatic rings. The number of unbranched alkanes of at least 4 members (excludes halogenated alkanes) is 39. The minimum atomic E-state index is -4.62. The quantitative estimate of drug-likeness (QED) is 0.0306. The van der Waals surface area contributed by atoms with Crippen LogP contribution in [-0.2, 0) is 32.7 Å². The highest BCUT2D eigenvalue weighted by atomic mass is 31.2. The van der Waals surface area contributed by atoms with E-state index in [1.165, 1.54) is 218 Å². The van der Waals surface area contributed by atoms with E-state index in [-0.39, 0.29) is 19.4 Å². The molecule has 64 heavy (non-hydrogen) atoms. The molecule has 382 valence electrons. The molecule has 0 rings (SSSR count). The van der Waals surface area contributed by atoms with E-state index in [9.17, 15) is 24.2 Å². The SMILES string of the molecule is CCCCCCCCCCCCCCCCCCCCCCCC(=O)OC[C@H](COP(=O)(O)OC[C@@H](O)CO)OC(=O)CCCCCCCCCCCCCCCCCCCCCC. The number of phosphoric ester groups is 1. The second kappa shape index (κ2) is 49.9. The molecule has 0 aromatic heterocycles. The summed E-state index contributed by atoms with van der Waals surface area (Å²) in [5.41, 5.74) is 0. The van der Waals surface area contributed by atoms with Gasteiger partial charge in [-0.1, -0.05) is 264 Å². The van der Waals surface area contributed by atoms with Gasteiger partial charge in [-0.3, -0.25) is 18.6 Å². The summed E-state index contributed by atoms with van der Waals surface area (Å²) < 4.78 is 32.9. The van der Waals surface area contributed by atoms with Gasteiger partial charge in [0.05, 0.1) is 19.8 Å². The van der Waals surface area contributed by atoms with E-state index in [0.717, 1.165) is 32.1 Å². The maximum Gasteiger partial charge on any atom is 0.472 e. The fourth-order valence-corrected chi connectivity index (χ4v) is 9.08. The second-order valence-corrected chi connectivity index (χ2v) is 20.4. The molecule has 0 spiro atoms. The van der Waals surface area contributed by atoms with Crippen molar-refractivity contribution in [3.05, 3.63) is 0 Å². The van der Waals surface area contributed by atoms with E-state index < -0.39 is 51.8 Å². The van der Waals surface area contributed by atoms with Crippen molar-refractivity contribution >= 4 is 19.8 Å². The fraction of sp³-hybridized carbons (Fsp3) is 0.962. The maximum absolute atomic E-state index is 12.7. The summed E-state index contributed by atoms with van der Waals surface area (Å²) in [7, 11) is -4.62. The van der Waals surface area contributed by atoms with Gasteiger partial charge >= 0.3 is 19.8 Å². The highest BCUT2D eigenvalue weighted by Gasteiger charge is 2.27. The Bertz CT molecular complexity index is 1030. The Morgan fingerprint density at radius 3 is 0.969 bits per heavy atom. The van der Waals surface area contributed by atoms with E-state index >= 15 is 0 Å². The highest BCUT2D eigenvalue weighted by Crippen LogP contribution is 2.43. The Kier molecular flexibility index (Phi) is 49.1. The molecule has 3 N–H and O–H groups in total. The molecular formula is C53H105O10P. The third kappa shape index (κ3) is 48.9. The first-order valence-electron chi connectivity index (χ1n) is 27.5. The molecule has 0 aromatic rings. The van der Waals surface area contributed by atoms with Crippen molar-refractivity contribution in [2.24, 2.45) is 0 Å². The van der Waals surface area contributed by atoms with Crippen molar-refractivity contribution in [2.45, 2.75) is 302 Å². The summed E-state index contributed by atoms with van der Waals surface area (Å²) in [5.74, 6) is -0.900. The summed E-state index contributed by atoms with van der Waals surface area (Å²) >= 11 is 0. The molecule has 0 saturated heterocycles. The van der Waals surface area contributed by atoms with Crippen molar-refractivity contribution in [3.8, 4) is 0 Å². The molecule has 10 nitrogen and oxygen atoms in total. The van der Waals surface area contributed by atoms with Gasteiger partial charge in [-0.15, -0.1) is 0 Å². The van der Waals surface area contributed by atoms with Gasteiger partial charge in [-0.2, -0.15) is 0 Å². The van der Waals surface area contributed by atoms with Gasteiger partial charge in [0.2, 0.25) is 0 Å². The van der Waals surface area contributed by atoms with E-state index in [1.54, 1.807) is 0 Å². The molecule has 0 heterocycles. The standard InChI is InChI=1S/C53H105O10P/c1-3-5-7-9-11-13-15-17-19-21-23-25-27-28-30-32-34-36-38-40-42-44-52(56)60-48-51(49-62-64(58,59)61-47-50(55)46-54)63-53(57)45-43-41-39-37-35-33-31-29-26-24-22-20-18-16-14-12-10-8-6-4-2/h50-51,54-55H,3-49H2,1-2H3,(H,58,59)/t50-,51+/m0/s1. The lowest BCUT2D eigenvalue weighted by molar-refractivity contribution is -0.161. The van der Waals surface area contributed by atoms with Crippen LogP contribution in [0, 0.1) is 0 Å². The van der Waals surface area contributed by atoms with Crippen LogP contribution in [0.25, 0.3) is 0 Å². The predicted octanol–water partition coefficient (Wildman–Crippen LogP) is 15.7. The average Bonchev–Trinajstić information content (AvgIpc) is 3.28. The molecule has 0 bridgehead atoms. The molecule has 0 aliphatic carbocycles. The predicted molar refractivity (Wildman–Crippen MR) is 266 cm³/mol. The van der Waals surface area contributed by atoms with Crippen molar-refractivity contribution in [2.75, 3.05) is 26.4 Å². The van der Waals surface area contributed by atoms with Gasteiger partial charge in [0.25, 0.3) is 0 Å². The maximum atomic E-state index is 12.7. The van der Waals surface area contributed by atoms with Crippen LogP contribution in [0.15, 0.2) is 0 Å². The van der Waals surface area contributed by atoms with Gasteiger partial charge in [0.15, 0.2) is 6.10 Å². The molecule has 3 atom stereocenters. The van der Waals surface area contributed by atoms with Gasteiger partial charge in [-0.05, 0) is 12.8 Å². The zero-order chi connectivity index (χ0) is 46.9. The summed E-state index contributed by atoms with van der Waals surface area (Å²) in [4.78, 5) is 35.2. The first-order chi connectivity index (χ1) is 31.2. The van der Waals surface area contributed by atoms with E-state index in [4.69, 9.17) is 23.6 Å². The number of ether oxygens (including phenoxy) is 2. The number of aliphatic hydroxyl groups excluding tert-OH is 2. The topological polar surface area (TPSA) is 149 Å². The number of phosphoric acid groups is 1. The number of hydrogen-bond donors (Lipinski definition) is 3. The second-order valence-electron chi connectivity index (χ2n) is 19.0. The Balaban J connectivity index is 4.08. The minimum Gasteiger partial charge on any atom is -0.462 e. The minimum absolute atomic E-state index is 0.193. The molecule has 11 heteroatoms. The number of carbonyl (C=O) groups is 2. The number of esters is 2. The number of carbonyl (C=O) groups excluding carboxylic acids is 2. The molecule has 0 saturated carbocycles. The monoisotopic (exact) mass is 933 g/mol. The molecule has 0 aliphatic heterocycles. The molecular weight excluding hydrogens is 828 g/mol. The zero-order valence-electron chi connectivity index (χ0n) is 42.0. The van der Waals surface area contributed by atoms with Crippen LogP contribution in [0.2, 0.25) is 0 Å². The molecule has 0 radical (unpaired) electrons. The van der Waals surface area contributed by atoms with Crippen LogP contribution in [0.5, 0.6) is 0 Å². The first kappa shape index (κ1) is 63.0. The smallest absolute Gasteiger partial charge is 0.462 e. The Labute approximate surface area is 394 Å². The van der Waals surface area contributed by atoms with Crippen LogP contribution in [0.3, 0.4) is 0 Å². The largest absolute Gasteiger partial charge is 0.472 e. The van der Waals surface area contributed by atoms with Crippen LogP contribution < -0.4 is 0 Å². The first-order valence-corrected chi connectivity index (χ1v) is 29.0. The van der Waals surface area contributed by atoms with Gasteiger partial charge < -0.3 is 24.6 Å². The summed E-state index contributed by atoms with van der Waals surface area (Å²) in [5, 5.41) is 18.4. The van der Waals surface area contributed by atoms with Crippen LogP contribution >= 0.6 is 7.82 Å². The van der Waals surface area contributed by atoms with Crippen LogP contribution in [-0.4, -0.2) is 65.7 Å². The lowest BCUT2D eigenvalue weighted by Crippen LogP contribution is -2.29. The van der Waals surface area contributed by atoms with Crippen molar-refractivity contribution in [1.82, 2.24) is 0 Å². The number of hydrogen-bond acceptors (Lipinski definition) is 9. The van der Waals surface area contributed by atoms with Crippen molar-refractivity contribution in [3.63, 3.8) is 0 Å². The lowest BCUT2D eigenvalue weighted by Gasteiger charge is -2.20. The van der Waals surface area contributed by atoms with Crippen molar-refractivity contribution < 1.29 is 47.8 Å². The Morgan fingerprint density at radius 1 is 0.406 bits per heavy atom. The van der Waals surface area contributed by atoms with E-state index in [2.05, 4.69) is 13.8 Å². The normalized spacial score (nSPS) is 13.5. The van der Waals surface area contributed by atoms with Gasteiger partial charge in [-0.25, -0.2) is 4.57 Å². The molecule has 1 unspecified atom stereocenters. The van der Waals surface area contributed by atoms with E-state index in [1.807, 2.05) is 0 Å². The highest BCUT2D eigenvalue weighted by molar-refractivity contribution is 7.47. The third-order valence-electron chi connectivity index (χ3n) is 12.5.